The van der Waals surface area contributed by atoms with Gasteiger partial charge >= 0.3 is 0 Å². The number of nitrogens with zero attached hydrogens (tertiary/aromatic N) is 3. The number of aromatic nitrogens is 1. The lowest BCUT2D eigenvalue weighted by Crippen LogP contribution is -2.46. The van der Waals surface area contributed by atoms with Gasteiger partial charge in [-0.15, -0.1) is 0 Å². The van der Waals surface area contributed by atoms with Crippen LogP contribution in [0.4, 0.5) is 0 Å². The van der Waals surface area contributed by atoms with E-state index in [4.69, 9.17) is 10.00 Å². The molecular formula is C13H17N3O3S. The van der Waals surface area contributed by atoms with E-state index < -0.39 is 10.0 Å². The van der Waals surface area contributed by atoms with E-state index in [1.807, 2.05) is 13.0 Å². The van der Waals surface area contributed by atoms with Crippen molar-refractivity contribution in [3.05, 3.63) is 24.0 Å². The van der Waals surface area contributed by atoms with Crippen molar-refractivity contribution in [1.82, 2.24) is 9.29 Å². The third kappa shape index (κ3) is 2.68. The Kier molecular flexibility index (Phi) is 4.09. The second kappa shape index (κ2) is 5.48. The second-order valence-electron chi connectivity index (χ2n) is 5.02. The monoisotopic (exact) mass is 295 g/mol. The molecule has 0 unspecified atom stereocenters. The van der Waals surface area contributed by atoms with E-state index in [2.05, 4.69) is 4.98 Å². The topological polar surface area (TPSA) is 83.3 Å². The highest BCUT2D eigenvalue weighted by atomic mass is 32.2. The van der Waals surface area contributed by atoms with Crippen LogP contribution in [0, 0.1) is 11.3 Å². The van der Waals surface area contributed by atoms with Gasteiger partial charge in [-0.1, -0.05) is 0 Å². The van der Waals surface area contributed by atoms with Crippen molar-refractivity contribution < 1.29 is 13.2 Å². The molecule has 6 nitrogen and oxygen atoms in total. The van der Waals surface area contributed by atoms with Crippen molar-refractivity contribution >= 4 is 10.0 Å². The summed E-state index contributed by atoms with van der Waals surface area (Å²) in [4.78, 5) is 3.79. The Morgan fingerprint density at radius 1 is 1.45 bits per heavy atom. The summed E-state index contributed by atoms with van der Waals surface area (Å²) in [7, 11) is -2.03. The molecule has 0 amide bonds. The summed E-state index contributed by atoms with van der Waals surface area (Å²) >= 11 is 0. The van der Waals surface area contributed by atoms with Crippen molar-refractivity contribution in [2.45, 2.75) is 30.3 Å². The average Bonchev–Trinajstić information content (AvgIpc) is 2.47. The fourth-order valence-electron chi connectivity index (χ4n) is 2.23. The molecule has 108 valence electrons. The molecule has 1 saturated heterocycles. The van der Waals surface area contributed by atoms with Gasteiger partial charge in [0.1, 0.15) is 11.0 Å². The van der Waals surface area contributed by atoms with Gasteiger partial charge in [0.2, 0.25) is 10.0 Å². The molecule has 0 aliphatic carbocycles. The van der Waals surface area contributed by atoms with Gasteiger partial charge in [-0.05, 0) is 31.9 Å². The molecule has 0 spiro atoms. The van der Waals surface area contributed by atoms with Gasteiger partial charge in [-0.2, -0.15) is 9.57 Å². The van der Waals surface area contributed by atoms with Crippen LogP contribution in [-0.4, -0.2) is 43.5 Å². The van der Waals surface area contributed by atoms with E-state index in [0.29, 0.717) is 25.9 Å². The van der Waals surface area contributed by atoms with Gasteiger partial charge in [0, 0.05) is 26.4 Å². The molecule has 1 fully saturated rings. The van der Waals surface area contributed by atoms with Gasteiger partial charge in [-0.3, -0.25) is 0 Å². The van der Waals surface area contributed by atoms with Crippen LogP contribution in [0.1, 0.15) is 25.5 Å². The molecule has 0 saturated carbocycles. The first-order valence-electron chi connectivity index (χ1n) is 6.33. The third-order valence-electron chi connectivity index (χ3n) is 3.77. The number of sulfonamides is 1. The minimum atomic E-state index is -3.67. The first-order valence-corrected chi connectivity index (χ1v) is 7.77. The Morgan fingerprint density at radius 3 is 2.65 bits per heavy atom. The van der Waals surface area contributed by atoms with Crippen LogP contribution in [0.25, 0.3) is 0 Å². The molecule has 20 heavy (non-hydrogen) atoms. The van der Waals surface area contributed by atoms with Gasteiger partial charge in [-0.25, -0.2) is 13.4 Å². The number of hydrogen-bond acceptors (Lipinski definition) is 5. The summed E-state index contributed by atoms with van der Waals surface area (Å²) in [6, 6.07) is 4.77. The Hall–Kier alpha value is -1.49. The highest BCUT2D eigenvalue weighted by molar-refractivity contribution is 7.89. The Balaban J connectivity index is 2.27. The number of piperidine rings is 1. The molecule has 1 aliphatic rings. The van der Waals surface area contributed by atoms with Crippen LogP contribution < -0.4 is 0 Å². The molecule has 0 bridgehead atoms. The van der Waals surface area contributed by atoms with Gasteiger partial charge < -0.3 is 4.74 Å². The number of rotatable bonds is 3. The minimum Gasteiger partial charge on any atom is -0.378 e. The second-order valence-corrected chi connectivity index (χ2v) is 6.93. The molecule has 7 heteroatoms. The molecule has 0 radical (unpaired) electrons. The lowest BCUT2D eigenvalue weighted by Gasteiger charge is -2.37. The summed E-state index contributed by atoms with van der Waals surface area (Å²) < 4.78 is 31.9. The number of ether oxygens (including phenoxy) is 1. The summed E-state index contributed by atoms with van der Waals surface area (Å²) in [5.74, 6) is 0. The van der Waals surface area contributed by atoms with Crippen molar-refractivity contribution in [2.75, 3.05) is 20.2 Å². The first kappa shape index (κ1) is 14.9. The third-order valence-corrected chi connectivity index (χ3v) is 5.70. The van der Waals surface area contributed by atoms with Crippen LogP contribution in [-0.2, 0) is 14.8 Å². The lowest BCUT2D eigenvalue weighted by atomic mass is 9.95. The molecule has 2 heterocycles. The lowest BCUT2D eigenvalue weighted by molar-refractivity contribution is -0.0299. The molecule has 2 rings (SSSR count). The number of nitriles is 1. The minimum absolute atomic E-state index is 0.0245. The van der Waals surface area contributed by atoms with E-state index >= 15 is 0 Å². The zero-order chi connectivity index (χ0) is 14.8. The maximum Gasteiger partial charge on any atom is 0.245 e. The smallest absolute Gasteiger partial charge is 0.245 e. The van der Waals surface area contributed by atoms with Crippen molar-refractivity contribution in [2.24, 2.45) is 0 Å². The van der Waals surface area contributed by atoms with Crippen LogP contribution >= 0.6 is 0 Å². The van der Waals surface area contributed by atoms with Crippen molar-refractivity contribution in [3.8, 4) is 6.07 Å². The summed E-state index contributed by atoms with van der Waals surface area (Å²) in [5, 5.41) is 8.99. The first-order chi connectivity index (χ1) is 9.43. The Labute approximate surface area is 119 Å². The quantitative estimate of drug-likeness (QED) is 0.835. The zero-order valence-corrected chi connectivity index (χ0v) is 12.4. The predicted octanol–water partition coefficient (Wildman–Crippen LogP) is 1.14. The highest BCUT2D eigenvalue weighted by Crippen LogP contribution is 2.29. The van der Waals surface area contributed by atoms with Gasteiger partial charge in [0.25, 0.3) is 0 Å². The molecule has 0 atom stereocenters. The number of pyridine rings is 1. The largest absolute Gasteiger partial charge is 0.378 e. The van der Waals surface area contributed by atoms with Crippen LogP contribution in [0.3, 0.4) is 0 Å². The average molecular weight is 295 g/mol. The van der Waals surface area contributed by atoms with Crippen molar-refractivity contribution in [3.63, 3.8) is 0 Å². The van der Waals surface area contributed by atoms with E-state index in [0.717, 1.165) is 0 Å². The molecule has 0 aromatic carbocycles. The van der Waals surface area contributed by atoms with E-state index in [-0.39, 0.29) is 16.2 Å². The Morgan fingerprint density at radius 2 is 2.10 bits per heavy atom. The molecular weight excluding hydrogens is 278 g/mol. The van der Waals surface area contributed by atoms with E-state index in [1.54, 1.807) is 7.11 Å². The van der Waals surface area contributed by atoms with E-state index in [1.165, 1.54) is 22.6 Å². The number of methoxy groups -OCH3 is 1. The fourth-order valence-corrected chi connectivity index (χ4v) is 3.76. The van der Waals surface area contributed by atoms with Crippen molar-refractivity contribution in [1.29, 1.82) is 5.26 Å². The molecule has 1 aliphatic heterocycles. The van der Waals surface area contributed by atoms with Crippen LogP contribution in [0.2, 0.25) is 0 Å². The fraction of sp³-hybridized carbons (Fsp3) is 0.538. The Bertz CT molecular complexity index is 629. The molecule has 1 aromatic heterocycles. The van der Waals surface area contributed by atoms with Crippen LogP contribution in [0.5, 0.6) is 0 Å². The predicted molar refractivity (Wildman–Crippen MR) is 72.4 cm³/mol. The maximum absolute atomic E-state index is 12.6. The summed E-state index contributed by atoms with van der Waals surface area (Å²) in [5.41, 5.74) is -0.341. The van der Waals surface area contributed by atoms with Crippen LogP contribution in [0.15, 0.2) is 23.2 Å². The van der Waals surface area contributed by atoms with Gasteiger partial charge in [0.05, 0.1) is 5.60 Å². The zero-order valence-electron chi connectivity index (χ0n) is 11.5. The normalized spacial score (nSPS) is 19.4. The van der Waals surface area contributed by atoms with Gasteiger partial charge in [0.15, 0.2) is 5.69 Å². The molecule has 0 N–H and O–H groups in total. The summed E-state index contributed by atoms with van der Waals surface area (Å²) in [6.07, 6.45) is 2.67. The SMILES string of the molecule is COC1(C)CCN(S(=O)(=O)c2cccnc2C#N)CC1. The standard InChI is InChI=1S/C13H17N3O3S/c1-13(19-2)5-8-16(9-6-13)20(17,18)12-4-3-7-15-11(12)10-14/h3-4,7H,5-6,8-9H2,1-2H3. The summed E-state index contributed by atoms with van der Waals surface area (Å²) in [6.45, 7) is 2.74. The van der Waals surface area contributed by atoms with E-state index in [9.17, 15) is 8.42 Å². The molecule has 1 aromatic rings. The highest BCUT2D eigenvalue weighted by Gasteiger charge is 2.36. The number of hydrogen-bond donors (Lipinski definition) is 0. The maximum atomic E-state index is 12.6.